The van der Waals surface area contributed by atoms with Gasteiger partial charge in [0.1, 0.15) is 11.6 Å². The fraction of sp³-hybridized carbons (Fsp3) is 0.923. The van der Waals surface area contributed by atoms with Crippen LogP contribution in [-0.4, -0.2) is 17.6 Å². The molecule has 0 aromatic rings. The number of esters is 1. The zero-order chi connectivity index (χ0) is 11.4. The monoisotopic (exact) mass is 225 g/mol. The molecular weight excluding hydrogens is 202 g/mol. The molecule has 0 radical (unpaired) electrons. The molecule has 0 aliphatic heterocycles. The van der Waals surface area contributed by atoms with Crippen LogP contribution in [0.4, 0.5) is 0 Å². The highest BCUT2D eigenvalue weighted by Crippen LogP contribution is 2.30. The number of hydrogen-bond acceptors (Lipinski definition) is 3. The Bertz CT molecular complexity index is 238. The summed E-state index contributed by atoms with van der Waals surface area (Å²) in [7, 11) is 0. The Morgan fingerprint density at radius 3 is 2.12 bits per heavy atom. The number of rotatable bonds is 2. The fourth-order valence-corrected chi connectivity index (χ4v) is 2.84. The summed E-state index contributed by atoms with van der Waals surface area (Å²) < 4.78 is 5.59. The van der Waals surface area contributed by atoms with Gasteiger partial charge in [-0.15, -0.1) is 0 Å². The highest BCUT2D eigenvalue weighted by atomic mass is 16.5. The molecular formula is C13H23NO2. The summed E-state index contributed by atoms with van der Waals surface area (Å²) >= 11 is 0. The summed E-state index contributed by atoms with van der Waals surface area (Å²) in [6.45, 7) is 0. The van der Waals surface area contributed by atoms with Crippen molar-refractivity contribution in [2.24, 2.45) is 5.73 Å². The SMILES string of the molecule is NC1(C(=O)OC2CCCCCC2)CCCC1. The second-order valence-electron chi connectivity index (χ2n) is 5.38. The van der Waals surface area contributed by atoms with E-state index in [1.54, 1.807) is 0 Å². The summed E-state index contributed by atoms with van der Waals surface area (Å²) in [5.41, 5.74) is 5.42. The molecule has 3 nitrogen and oxygen atoms in total. The maximum atomic E-state index is 12.0. The number of hydrogen-bond donors (Lipinski definition) is 1. The van der Waals surface area contributed by atoms with Crippen molar-refractivity contribution in [1.29, 1.82) is 0 Å². The van der Waals surface area contributed by atoms with Gasteiger partial charge in [0.2, 0.25) is 0 Å². The van der Waals surface area contributed by atoms with E-state index in [1.807, 2.05) is 0 Å². The topological polar surface area (TPSA) is 52.3 Å². The molecule has 0 unspecified atom stereocenters. The summed E-state index contributed by atoms with van der Waals surface area (Å²) in [6.07, 6.45) is 10.9. The van der Waals surface area contributed by atoms with Crippen molar-refractivity contribution in [3.8, 4) is 0 Å². The lowest BCUT2D eigenvalue weighted by Gasteiger charge is -2.25. The van der Waals surface area contributed by atoms with E-state index in [4.69, 9.17) is 10.5 Å². The van der Waals surface area contributed by atoms with Crippen molar-refractivity contribution in [1.82, 2.24) is 0 Å². The predicted octanol–water partition coefficient (Wildman–Crippen LogP) is 2.52. The average Bonchev–Trinajstić information content (AvgIpc) is 2.56. The molecule has 2 fully saturated rings. The molecule has 92 valence electrons. The molecule has 0 spiro atoms. The number of carbonyl (C=O) groups is 1. The van der Waals surface area contributed by atoms with Crippen molar-refractivity contribution < 1.29 is 9.53 Å². The lowest BCUT2D eigenvalue weighted by atomic mass is 9.99. The molecule has 2 aliphatic carbocycles. The van der Waals surface area contributed by atoms with E-state index in [-0.39, 0.29) is 12.1 Å². The van der Waals surface area contributed by atoms with Crippen LogP contribution in [0.25, 0.3) is 0 Å². The third kappa shape index (κ3) is 2.76. The Morgan fingerprint density at radius 2 is 1.56 bits per heavy atom. The molecule has 2 N–H and O–H groups in total. The minimum atomic E-state index is -0.660. The number of nitrogens with two attached hydrogens (primary N) is 1. The van der Waals surface area contributed by atoms with Gasteiger partial charge in [-0.3, -0.25) is 4.79 Å². The van der Waals surface area contributed by atoms with Gasteiger partial charge in [0, 0.05) is 0 Å². The van der Waals surface area contributed by atoms with Crippen LogP contribution in [0.15, 0.2) is 0 Å². The summed E-state index contributed by atoms with van der Waals surface area (Å²) in [5, 5.41) is 0. The molecule has 3 heteroatoms. The van der Waals surface area contributed by atoms with E-state index in [0.717, 1.165) is 38.5 Å². The Balaban J connectivity index is 1.85. The first-order valence-corrected chi connectivity index (χ1v) is 6.71. The van der Waals surface area contributed by atoms with Crippen molar-refractivity contribution >= 4 is 5.97 Å². The van der Waals surface area contributed by atoms with Gasteiger partial charge in [-0.1, -0.05) is 25.7 Å². The largest absolute Gasteiger partial charge is 0.461 e. The summed E-state index contributed by atoms with van der Waals surface area (Å²) in [4.78, 5) is 12.0. The molecule has 0 heterocycles. The molecule has 0 atom stereocenters. The van der Waals surface area contributed by atoms with Gasteiger partial charge in [-0.05, 0) is 38.5 Å². The van der Waals surface area contributed by atoms with Gasteiger partial charge in [0.05, 0.1) is 0 Å². The van der Waals surface area contributed by atoms with E-state index >= 15 is 0 Å². The number of carbonyl (C=O) groups excluding carboxylic acids is 1. The molecule has 2 saturated carbocycles. The quantitative estimate of drug-likeness (QED) is 0.580. The highest BCUT2D eigenvalue weighted by Gasteiger charge is 2.39. The van der Waals surface area contributed by atoms with Crippen LogP contribution in [-0.2, 0) is 9.53 Å². The van der Waals surface area contributed by atoms with Gasteiger partial charge in [0.25, 0.3) is 0 Å². The Morgan fingerprint density at radius 1 is 1.00 bits per heavy atom. The molecule has 0 aromatic carbocycles. The first-order valence-electron chi connectivity index (χ1n) is 6.71. The fourth-order valence-electron chi connectivity index (χ4n) is 2.84. The first-order chi connectivity index (χ1) is 7.71. The smallest absolute Gasteiger partial charge is 0.326 e. The average molecular weight is 225 g/mol. The maximum absolute atomic E-state index is 12.0. The Kier molecular flexibility index (Phi) is 3.85. The van der Waals surface area contributed by atoms with Gasteiger partial charge < -0.3 is 10.5 Å². The van der Waals surface area contributed by atoms with Crippen LogP contribution in [0.1, 0.15) is 64.2 Å². The van der Waals surface area contributed by atoms with Crippen molar-refractivity contribution in [3.63, 3.8) is 0 Å². The van der Waals surface area contributed by atoms with Gasteiger partial charge in [-0.25, -0.2) is 0 Å². The van der Waals surface area contributed by atoms with Crippen LogP contribution < -0.4 is 5.73 Å². The summed E-state index contributed by atoms with van der Waals surface area (Å²) in [5.74, 6) is -0.142. The van der Waals surface area contributed by atoms with Crippen LogP contribution in [0.3, 0.4) is 0 Å². The minimum absolute atomic E-state index is 0.135. The molecule has 2 aliphatic rings. The molecule has 2 rings (SSSR count). The Labute approximate surface area is 97.7 Å². The van der Waals surface area contributed by atoms with E-state index < -0.39 is 5.54 Å². The molecule has 0 amide bonds. The summed E-state index contributed by atoms with van der Waals surface area (Å²) in [6, 6.07) is 0. The predicted molar refractivity (Wildman–Crippen MR) is 63.0 cm³/mol. The zero-order valence-corrected chi connectivity index (χ0v) is 10.0. The highest BCUT2D eigenvalue weighted by molar-refractivity contribution is 5.81. The van der Waals surface area contributed by atoms with Gasteiger partial charge in [0.15, 0.2) is 0 Å². The third-order valence-corrected chi connectivity index (χ3v) is 3.98. The van der Waals surface area contributed by atoms with E-state index in [1.165, 1.54) is 25.7 Å². The normalized spacial score (nSPS) is 26.3. The lowest BCUT2D eigenvalue weighted by Crippen LogP contribution is -2.47. The van der Waals surface area contributed by atoms with Crippen molar-refractivity contribution in [2.45, 2.75) is 75.9 Å². The van der Waals surface area contributed by atoms with Crippen molar-refractivity contribution in [3.05, 3.63) is 0 Å². The maximum Gasteiger partial charge on any atom is 0.326 e. The first kappa shape index (κ1) is 11.9. The third-order valence-electron chi connectivity index (χ3n) is 3.98. The van der Waals surface area contributed by atoms with Gasteiger partial charge >= 0.3 is 5.97 Å². The van der Waals surface area contributed by atoms with Crippen LogP contribution in [0.2, 0.25) is 0 Å². The number of ether oxygens (including phenoxy) is 1. The molecule has 0 saturated heterocycles. The minimum Gasteiger partial charge on any atom is -0.461 e. The van der Waals surface area contributed by atoms with Gasteiger partial charge in [-0.2, -0.15) is 0 Å². The van der Waals surface area contributed by atoms with Crippen LogP contribution >= 0.6 is 0 Å². The lowest BCUT2D eigenvalue weighted by molar-refractivity contribution is -0.156. The van der Waals surface area contributed by atoms with Crippen LogP contribution in [0.5, 0.6) is 0 Å². The van der Waals surface area contributed by atoms with Crippen molar-refractivity contribution in [2.75, 3.05) is 0 Å². The van der Waals surface area contributed by atoms with E-state index in [9.17, 15) is 4.79 Å². The van der Waals surface area contributed by atoms with E-state index in [0.29, 0.717) is 0 Å². The Hall–Kier alpha value is -0.570. The van der Waals surface area contributed by atoms with Crippen LogP contribution in [0, 0.1) is 0 Å². The molecule has 16 heavy (non-hydrogen) atoms. The second-order valence-corrected chi connectivity index (χ2v) is 5.38. The zero-order valence-electron chi connectivity index (χ0n) is 10.0. The standard InChI is InChI=1S/C13H23NO2/c14-13(9-5-6-10-13)12(15)16-11-7-3-1-2-4-8-11/h11H,1-10,14H2. The second kappa shape index (κ2) is 5.17. The van der Waals surface area contributed by atoms with E-state index in [2.05, 4.69) is 0 Å². The molecule has 0 bridgehead atoms. The molecule has 0 aromatic heterocycles.